The maximum Gasteiger partial charge on any atom is 0.246 e. The molecule has 0 spiro atoms. The highest BCUT2D eigenvalue weighted by molar-refractivity contribution is 7.09. The van der Waals surface area contributed by atoms with E-state index in [1.165, 1.54) is 12.1 Å². The molecule has 4 rings (SSSR count). The average Bonchev–Trinajstić information content (AvgIpc) is 3.26. The summed E-state index contributed by atoms with van der Waals surface area (Å²) in [6.07, 6.45) is 5.48. The monoisotopic (exact) mass is 327 g/mol. The number of benzene rings is 1. The molecular formula is C16H14FN5S. The van der Waals surface area contributed by atoms with Crippen LogP contribution in [0.15, 0.2) is 42.0 Å². The van der Waals surface area contributed by atoms with Crippen molar-refractivity contribution in [1.29, 1.82) is 0 Å². The molecule has 0 radical (unpaired) electrons. The summed E-state index contributed by atoms with van der Waals surface area (Å²) in [6, 6.07) is 6.55. The number of thiazole rings is 1. The van der Waals surface area contributed by atoms with E-state index >= 15 is 0 Å². The quantitative estimate of drug-likeness (QED) is 0.737. The van der Waals surface area contributed by atoms with Crippen molar-refractivity contribution in [2.75, 3.05) is 11.4 Å². The predicted octanol–water partition coefficient (Wildman–Crippen LogP) is 3.48. The average molecular weight is 327 g/mol. The Morgan fingerprint density at radius 2 is 2.26 bits per heavy atom. The van der Waals surface area contributed by atoms with Gasteiger partial charge in [-0.3, -0.25) is 0 Å². The Morgan fingerprint density at radius 3 is 3.09 bits per heavy atom. The van der Waals surface area contributed by atoms with E-state index in [4.69, 9.17) is 0 Å². The fourth-order valence-electron chi connectivity index (χ4n) is 2.86. The number of rotatable bonds is 3. The molecule has 1 aliphatic heterocycles. The highest BCUT2D eigenvalue weighted by atomic mass is 32.1. The van der Waals surface area contributed by atoms with Crippen LogP contribution in [-0.4, -0.2) is 26.7 Å². The van der Waals surface area contributed by atoms with Gasteiger partial charge in [0, 0.05) is 23.7 Å². The first kappa shape index (κ1) is 14.2. The number of hydrogen-bond acceptors (Lipinski definition) is 6. The Bertz CT molecular complexity index is 808. The predicted molar refractivity (Wildman–Crippen MR) is 86.7 cm³/mol. The number of anilines is 1. The Labute approximate surface area is 136 Å². The van der Waals surface area contributed by atoms with Crippen LogP contribution >= 0.6 is 11.3 Å². The SMILES string of the molecule is Fc1cccc(-c2cnnc(N3CCCC3c3nccs3)n2)c1. The normalized spacial score (nSPS) is 17.6. The molecule has 0 saturated carbocycles. The summed E-state index contributed by atoms with van der Waals surface area (Å²) in [5.41, 5.74) is 1.32. The third-order valence-corrected chi connectivity index (χ3v) is 4.79. The minimum Gasteiger partial charge on any atom is -0.330 e. The van der Waals surface area contributed by atoms with E-state index in [1.807, 2.05) is 17.6 Å². The first-order chi connectivity index (χ1) is 11.3. The Kier molecular flexibility index (Phi) is 3.70. The molecule has 0 N–H and O–H groups in total. The highest BCUT2D eigenvalue weighted by Gasteiger charge is 2.30. The molecule has 3 aromatic rings. The highest BCUT2D eigenvalue weighted by Crippen LogP contribution is 2.35. The lowest BCUT2D eigenvalue weighted by molar-refractivity contribution is 0.628. The summed E-state index contributed by atoms with van der Waals surface area (Å²) < 4.78 is 13.4. The van der Waals surface area contributed by atoms with E-state index in [0.29, 0.717) is 17.2 Å². The van der Waals surface area contributed by atoms with Crippen LogP contribution in [0.25, 0.3) is 11.3 Å². The van der Waals surface area contributed by atoms with Gasteiger partial charge in [-0.25, -0.2) is 14.4 Å². The molecule has 5 nitrogen and oxygen atoms in total. The maximum absolute atomic E-state index is 13.4. The van der Waals surface area contributed by atoms with Crippen molar-refractivity contribution in [3.05, 3.63) is 52.9 Å². The van der Waals surface area contributed by atoms with Gasteiger partial charge in [0.15, 0.2) is 0 Å². The molecule has 1 unspecified atom stereocenters. The van der Waals surface area contributed by atoms with Gasteiger partial charge in [-0.05, 0) is 25.0 Å². The zero-order chi connectivity index (χ0) is 15.6. The molecule has 23 heavy (non-hydrogen) atoms. The summed E-state index contributed by atoms with van der Waals surface area (Å²) in [7, 11) is 0. The van der Waals surface area contributed by atoms with Gasteiger partial charge in [-0.2, -0.15) is 5.10 Å². The number of aromatic nitrogens is 4. The molecule has 1 atom stereocenters. The van der Waals surface area contributed by atoms with Crippen molar-refractivity contribution in [3.8, 4) is 11.3 Å². The van der Waals surface area contributed by atoms with Gasteiger partial charge in [-0.1, -0.05) is 12.1 Å². The van der Waals surface area contributed by atoms with Gasteiger partial charge in [0.05, 0.1) is 17.9 Å². The molecule has 1 saturated heterocycles. The largest absolute Gasteiger partial charge is 0.330 e. The molecule has 0 bridgehead atoms. The van der Waals surface area contributed by atoms with Crippen molar-refractivity contribution >= 4 is 17.3 Å². The lowest BCUT2D eigenvalue weighted by Gasteiger charge is -2.22. The van der Waals surface area contributed by atoms with Crippen molar-refractivity contribution in [3.63, 3.8) is 0 Å². The fraction of sp³-hybridized carbons (Fsp3) is 0.250. The third kappa shape index (κ3) is 2.79. The molecule has 0 aliphatic carbocycles. The van der Waals surface area contributed by atoms with Gasteiger partial charge >= 0.3 is 0 Å². The van der Waals surface area contributed by atoms with E-state index in [9.17, 15) is 4.39 Å². The van der Waals surface area contributed by atoms with Crippen molar-refractivity contribution in [1.82, 2.24) is 20.2 Å². The summed E-state index contributed by atoms with van der Waals surface area (Å²) in [5.74, 6) is 0.286. The lowest BCUT2D eigenvalue weighted by Crippen LogP contribution is -2.25. The Hall–Kier alpha value is -2.41. The second-order valence-corrected chi connectivity index (χ2v) is 6.30. The number of halogens is 1. The van der Waals surface area contributed by atoms with Crippen molar-refractivity contribution < 1.29 is 4.39 Å². The second-order valence-electron chi connectivity index (χ2n) is 5.37. The topological polar surface area (TPSA) is 54.8 Å². The minimum absolute atomic E-state index is 0.194. The zero-order valence-corrected chi connectivity index (χ0v) is 13.1. The fourth-order valence-corrected chi connectivity index (χ4v) is 3.65. The Morgan fingerprint density at radius 1 is 1.30 bits per heavy atom. The number of hydrogen-bond donors (Lipinski definition) is 0. The summed E-state index contributed by atoms with van der Waals surface area (Å²) in [6.45, 7) is 0.874. The van der Waals surface area contributed by atoms with Gasteiger partial charge in [0.1, 0.15) is 10.8 Å². The summed E-state index contributed by atoms with van der Waals surface area (Å²) >= 11 is 1.64. The molecule has 116 valence electrons. The van der Waals surface area contributed by atoms with Crippen LogP contribution in [0.5, 0.6) is 0 Å². The second kappa shape index (κ2) is 6.00. The molecule has 3 heterocycles. The van der Waals surface area contributed by atoms with Crippen LogP contribution < -0.4 is 4.90 Å². The molecule has 0 amide bonds. The minimum atomic E-state index is -0.288. The van der Waals surface area contributed by atoms with E-state index in [0.717, 1.165) is 24.4 Å². The zero-order valence-electron chi connectivity index (χ0n) is 12.3. The lowest BCUT2D eigenvalue weighted by atomic mass is 10.1. The van der Waals surface area contributed by atoms with Gasteiger partial charge in [-0.15, -0.1) is 16.4 Å². The van der Waals surface area contributed by atoms with Crippen molar-refractivity contribution in [2.24, 2.45) is 0 Å². The van der Waals surface area contributed by atoms with Gasteiger partial charge < -0.3 is 4.90 Å². The maximum atomic E-state index is 13.4. The van der Waals surface area contributed by atoms with E-state index < -0.39 is 0 Å². The molecular weight excluding hydrogens is 313 g/mol. The van der Waals surface area contributed by atoms with Crippen LogP contribution in [0, 0.1) is 5.82 Å². The molecule has 1 fully saturated rings. The number of nitrogens with zero attached hydrogens (tertiary/aromatic N) is 5. The van der Waals surface area contributed by atoms with Crippen molar-refractivity contribution in [2.45, 2.75) is 18.9 Å². The first-order valence-electron chi connectivity index (χ1n) is 7.43. The van der Waals surface area contributed by atoms with Gasteiger partial charge in [0.25, 0.3) is 0 Å². The van der Waals surface area contributed by atoms with Gasteiger partial charge in [0.2, 0.25) is 5.95 Å². The van der Waals surface area contributed by atoms with E-state index in [1.54, 1.807) is 23.6 Å². The third-order valence-electron chi connectivity index (χ3n) is 3.91. The van der Waals surface area contributed by atoms with Crippen LogP contribution in [-0.2, 0) is 0 Å². The van der Waals surface area contributed by atoms with E-state index in [-0.39, 0.29) is 11.9 Å². The smallest absolute Gasteiger partial charge is 0.246 e. The van der Waals surface area contributed by atoms with Crippen LogP contribution in [0.2, 0.25) is 0 Å². The summed E-state index contributed by atoms with van der Waals surface area (Å²) in [5, 5.41) is 11.3. The molecule has 2 aromatic heterocycles. The summed E-state index contributed by atoms with van der Waals surface area (Å²) in [4.78, 5) is 11.1. The van der Waals surface area contributed by atoms with Crippen LogP contribution in [0.3, 0.4) is 0 Å². The van der Waals surface area contributed by atoms with Crippen LogP contribution in [0.1, 0.15) is 23.9 Å². The molecule has 7 heteroatoms. The standard InChI is InChI=1S/C16H14FN5S/c17-12-4-1-3-11(9-12)13-10-19-21-16(20-13)22-7-2-5-14(22)15-18-6-8-23-15/h1,3-4,6,8-10,14H,2,5,7H2. The van der Waals surface area contributed by atoms with E-state index in [2.05, 4.69) is 25.1 Å². The first-order valence-corrected chi connectivity index (χ1v) is 8.31. The molecule has 1 aromatic carbocycles. The molecule has 1 aliphatic rings. The van der Waals surface area contributed by atoms with Crippen LogP contribution in [0.4, 0.5) is 10.3 Å². The Balaban J connectivity index is 1.68.